The van der Waals surface area contributed by atoms with Crippen LogP contribution in [0, 0.1) is 6.92 Å². The smallest absolute Gasteiger partial charge is 0.238 e. The SMILES string of the molecule is Cc1cc2c(cn1)OCc1nc(CC(=O)n3ccnc3)sc1-2. The number of thiazole rings is 1. The molecule has 6 nitrogen and oxygen atoms in total. The molecular formula is C15H12N4O2S. The normalized spacial score (nSPS) is 12.4. The van der Waals surface area contributed by atoms with Crippen LogP contribution < -0.4 is 4.74 Å². The number of hydrogen-bond acceptors (Lipinski definition) is 6. The minimum Gasteiger partial charge on any atom is -0.485 e. The zero-order valence-electron chi connectivity index (χ0n) is 11.8. The van der Waals surface area contributed by atoms with Crippen LogP contribution in [0.1, 0.15) is 21.2 Å². The molecule has 1 aliphatic heterocycles. The van der Waals surface area contributed by atoms with Crippen LogP contribution in [0.3, 0.4) is 0 Å². The number of imidazole rings is 1. The summed E-state index contributed by atoms with van der Waals surface area (Å²) in [5, 5.41) is 0.787. The molecule has 0 unspecified atom stereocenters. The summed E-state index contributed by atoms with van der Waals surface area (Å²) < 4.78 is 7.15. The van der Waals surface area contributed by atoms with Gasteiger partial charge in [-0.25, -0.2) is 9.97 Å². The monoisotopic (exact) mass is 312 g/mol. The van der Waals surface area contributed by atoms with Crippen molar-refractivity contribution in [1.29, 1.82) is 0 Å². The fourth-order valence-electron chi connectivity index (χ4n) is 2.40. The largest absolute Gasteiger partial charge is 0.485 e. The van der Waals surface area contributed by atoms with Gasteiger partial charge in [0.15, 0.2) is 0 Å². The predicted octanol–water partition coefficient (Wildman–Crippen LogP) is 2.49. The van der Waals surface area contributed by atoms with Crippen molar-refractivity contribution in [2.75, 3.05) is 0 Å². The van der Waals surface area contributed by atoms with Crippen molar-refractivity contribution in [1.82, 2.24) is 19.5 Å². The molecule has 110 valence electrons. The fraction of sp³-hybridized carbons (Fsp3) is 0.200. The third-order valence-electron chi connectivity index (χ3n) is 3.45. The Hall–Kier alpha value is -2.54. The van der Waals surface area contributed by atoms with Crippen molar-refractivity contribution < 1.29 is 9.53 Å². The highest BCUT2D eigenvalue weighted by atomic mass is 32.1. The van der Waals surface area contributed by atoms with Crippen LogP contribution in [0.5, 0.6) is 5.75 Å². The fourth-order valence-corrected chi connectivity index (χ4v) is 3.48. The van der Waals surface area contributed by atoms with Gasteiger partial charge in [-0.15, -0.1) is 11.3 Å². The van der Waals surface area contributed by atoms with E-state index >= 15 is 0 Å². The molecule has 0 fully saturated rings. The van der Waals surface area contributed by atoms with Crippen molar-refractivity contribution in [3.8, 4) is 16.2 Å². The van der Waals surface area contributed by atoms with Crippen molar-refractivity contribution in [2.45, 2.75) is 20.0 Å². The third-order valence-corrected chi connectivity index (χ3v) is 4.58. The molecule has 0 aromatic carbocycles. The molecular weight excluding hydrogens is 300 g/mol. The first kappa shape index (κ1) is 13.1. The minimum atomic E-state index is -0.0457. The van der Waals surface area contributed by atoms with Gasteiger partial charge >= 0.3 is 0 Å². The summed E-state index contributed by atoms with van der Waals surface area (Å²) in [6, 6.07) is 1.99. The lowest BCUT2D eigenvalue weighted by molar-refractivity contribution is 0.0914. The molecule has 1 aliphatic rings. The average molecular weight is 312 g/mol. The molecule has 22 heavy (non-hydrogen) atoms. The highest BCUT2D eigenvalue weighted by molar-refractivity contribution is 7.15. The number of pyridine rings is 1. The molecule has 0 spiro atoms. The van der Waals surface area contributed by atoms with Gasteiger partial charge in [0.1, 0.15) is 23.7 Å². The van der Waals surface area contributed by atoms with Crippen LogP contribution in [-0.2, 0) is 13.0 Å². The Labute approximate surface area is 130 Å². The lowest BCUT2D eigenvalue weighted by atomic mass is 10.1. The molecule has 0 N–H and O–H groups in total. The maximum atomic E-state index is 12.1. The number of carbonyl (C=O) groups is 1. The molecule has 0 saturated carbocycles. The van der Waals surface area contributed by atoms with E-state index in [0.29, 0.717) is 6.61 Å². The topological polar surface area (TPSA) is 69.9 Å². The first-order chi connectivity index (χ1) is 10.7. The van der Waals surface area contributed by atoms with E-state index in [0.717, 1.165) is 32.6 Å². The number of hydrogen-bond donors (Lipinski definition) is 0. The van der Waals surface area contributed by atoms with Gasteiger partial charge in [-0.2, -0.15) is 0 Å². The second kappa shape index (κ2) is 5.03. The van der Waals surface area contributed by atoms with Gasteiger partial charge in [0.2, 0.25) is 5.91 Å². The number of carbonyl (C=O) groups excluding carboxylic acids is 1. The number of aromatic nitrogens is 4. The summed E-state index contributed by atoms with van der Waals surface area (Å²) >= 11 is 1.54. The average Bonchev–Trinajstić information content (AvgIpc) is 3.16. The molecule has 0 radical (unpaired) electrons. The Morgan fingerprint density at radius 1 is 1.50 bits per heavy atom. The van der Waals surface area contributed by atoms with Crippen LogP contribution >= 0.6 is 11.3 Å². The first-order valence-electron chi connectivity index (χ1n) is 6.80. The zero-order valence-corrected chi connectivity index (χ0v) is 12.6. The van der Waals surface area contributed by atoms with Gasteiger partial charge in [0, 0.05) is 23.7 Å². The molecule has 3 aromatic rings. The van der Waals surface area contributed by atoms with Gasteiger partial charge < -0.3 is 4.74 Å². The lowest BCUT2D eigenvalue weighted by Gasteiger charge is -2.16. The highest BCUT2D eigenvalue weighted by Crippen LogP contribution is 2.40. The van der Waals surface area contributed by atoms with E-state index in [9.17, 15) is 4.79 Å². The van der Waals surface area contributed by atoms with E-state index in [-0.39, 0.29) is 12.3 Å². The molecule has 0 amide bonds. The van der Waals surface area contributed by atoms with E-state index in [1.54, 1.807) is 18.6 Å². The molecule has 0 atom stereocenters. The van der Waals surface area contributed by atoms with E-state index in [1.165, 1.54) is 22.2 Å². The van der Waals surface area contributed by atoms with Gasteiger partial charge in [-0.05, 0) is 13.0 Å². The Bertz CT molecular complexity index is 855. The molecule has 0 aliphatic carbocycles. The van der Waals surface area contributed by atoms with Crippen molar-refractivity contribution >= 4 is 17.2 Å². The van der Waals surface area contributed by atoms with Crippen LogP contribution in [0.2, 0.25) is 0 Å². The van der Waals surface area contributed by atoms with Crippen LogP contribution in [0.15, 0.2) is 31.0 Å². The summed E-state index contributed by atoms with van der Waals surface area (Å²) in [4.78, 5) is 25.9. The van der Waals surface area contributed by atoms with E-state index in [1.807, 2.05) is 13.0 Å². The van der Waals surface area contributed by atoms with Crippen LogP contribution in [0.4, 0.5) is 0 Å². The second-order valence-corrected chi connectivity index (χ2v) is 6.12. The second-order valence-electron chi connectivity index (χ2n) is 5.03. The molecule has 4 heterocycles. The van der Waals surface area contributed by atoms with Gasteiger partial charge in [-0.1, -0.05) is 0 Å². The first-order valence-corrected chi connectivity index (χ1v) is 7.62. The summed E-state index contributed by atoms with van der Waals surface area (Å²) in [6.45, 7) is 2.36. The summed E-state index contributed by atoms with van der Waals surface area (Å²) in [5.41, 5.74) is 2.82. The van der Waals surface area contributed by atoms with Gasteiger partial charge in [0.05, 0.1) is 23.2 Å². The summed E-state index contributed by atoms with van der Waals surface area (Å²) in [5.74, 6) is 0.727. The van der Waals surface area contributed by atoms with Crippen LogP contribution in [-0.4, -0.2) is 25.4 Å². The zero-order chi connectivity index (χ0) is 15.1. The maximum Gasteiger partial charge on any atom is 0.238 e. The number of rotatable bonds is 2. The van der Waals surface area contributed by atoms with Gasteiger partial charge in [0.25, 0.3) is 0 Å². The van der Waals surface area contributed by atoms with E-state index < -0.39 is 0 Å². The molecule has 0 saturated heterocycles. The number of ether oxygens (including phenoxy) is 1. The van der Waals surface area contributed by atoms with E-state index in [2.05, 4.69) is 15.0 Å². The summed E-state index contributed by atoms with van der Waals surface area (Å²) in [6.07, 6.45) is 6.73. The molecule has 4 rings (SSSR count). The van der Waals surface area contributed by atoms with Gasteiger partial charge in [-0.3, -0.25) is 14.3 Å². The van der Waals surface area contributed by atoms with E-state index in [4.69, 9.17) is 4.74 Å². The molecule has 3 aromatic heterocycles. The number of aryl methyl sites for hydroxylation is 1. The quantitative estimate of drug-likeness (QED) is 0.727. The standard InChI is InChI=1S/C15H12N4O2S/c1-9-4-10-12(6-17-9)21-7-11-15(10)22-13(18-11)5-14(20)19-3-2-16-8-19/h2-4,6,8H,5,7H2,1H3. The third kappa shape index (κ3) is 2.19. The molecule has 0 bridgehead atoms. The Morgan fingerprint density at radius 3 is 3.23 bits per heavy atom. The number of fused-ring (bicyclic) bond motifs is 3. The Balaban J connectivity index is 1.67. The maximum absolute atomic E-state index is 12.1. The Kier molecular flexibility index (Phi) is 3.00. The van der Waals surface area contributed by atoms with Crippen molar-refractivity contribution in [3.63, 3.8) is 0 Å². The van der Waals surface area contributed by atoms with Crippen LogP contribution in [0.25, 0.3) is 10.4 Å². The summed E-state index contributed by atoms with van der Waals surface area (Å²) in [7, 11) is 0. The Morgan fingerprint density at radius 2 is 2.41 bits per heavy atom. The highest BCUT2D eigenvalue weighted by Gasteiger charge is 2.23. The number of nitrogens with zero attached hydrogens (tertiary/aromatic N) is 4. The predicted molar refractivity (Wildman–Crippen MR) is 81.0 cm³/mol. The molecule has 7 heteroatoms. The minimum absolute atomic E-state index is 0.0457. The van der Waals surface area contributed by atoms with Crippen molar-refractivity contribution in [3.05, 3.63) is 47.4 Å². The van der Waals surface area contributed by atoms with Crippen molar-refractivity contribution in [2.24, 2.45) is 0 Å². The lowest BCUT2D eigenvalue weighted by Crippen LogP contribution is -2.11.